The van der Waals surface area contributed by atoms with Gasteiger partial charge in [-0.05, 0) is 39.0 Å². The van der Waals surface area contributed by atoms with E-state index in [9.17, 15) is 19.5 Å². The van der Waals surface area contributed by atoms with Crippen molar-refractivity contribution in [2.75, 3.05) is 26.3 Å². The molecule has 3 heterocycles. The van der Waals surface area contributed by atoms with E-state index in [-0.39, 0.29) is 25.0 Å². The number of unbranched alkanes of at least 4 members (excludes halogenated alkanes) is 1. The highest BCUT2D eigenvalue weighted by Crippen LogP contribution is 2.64. The van der Waals surface area contributed by atoms with Crippen LogP contribution in [0.4, 0.5) is 0 Å². The number of nitrogens with zero attached hydrogens (tertiary/aromatic N) is 2. The number of aliphatic hydroxyl groups excluding tert-OH is 1. The Kier molecular flexibility index (Phi) is 7.89. The largest absolute Gasteiger partial charge is 0.466 e. The molecule has 8 heteroatoms. The molecular formula is C25H40N2O6. The van der Waals surface area contributed by atoms with Crippen LogP contribution >= 0.6 is 0 Å². The van der Waals surface area contributed by atoms with Crippen LogP contribution in [0.3, 0.4) is 0 Å². The zero-order valence-corrected chi connectivity index (χ0v) is 20.5. The minimum absolute atomic E-state index is 0.192. The van der Waals surface area contributed by atoms with Crippen LogP contribution in [-0.2, 0) is 23.9 Å². The third kappa shape index (κ3) is 3.89. The minimum atomic E-state index is -1.09. The molecule has 3 fully saturated rings. The van der Waals surface area contributed by atoms with Gasteiger partial charge < -0.3 is 24.4 Å². The van der Waals surface area contributed by atoms with Gasteiger partial charge in [-0.1, -0.05) is 33.3 Å². The van der Waals surface area contributed by atoms with E-state index < -0.39 is 41.1 Å². The molecule has 3 rings (SSSR count). The molecule has 0 aliphatic carbocycles. The van der Waals surface area contributed by atoms with Crippen LogP contribution in [0.5, 0.6) is 0 Å². The number of hydrogen-bond acceptors (Lipinski definition) is 6. The first-order chi connectivity index (χ1) is 15.8. The Labute approximate surface area is 197 Å². The van der Waals surface area contributed by atoms with E-state index in [0.29, 0.717) is 38.8 Å². The summed E-state index contributed by atoms with van der Waals surface area (Å²) in [6.45, 7) is 12.3. The van der Waals surface area contributed by atoms with E-state index in [1.807, 2.05) is 13.8 Å². The number of esters is 1. The maximum atomic E-state index is 14.1. The first-order valence-corrected chi connectivity index (χ1v) is 12.5. The Morgan fingerprint density at radius 1 is 1.33 bits per heavy atom. The molecule has 1 spiro atoms. The third-order valence-corrected chi connectivity index (χ3v) is 7.91. The van der Waals surface area contributed by atoms with Gasteiger partial charge in [-0.3, -0.25) is 14.4 Å². The van der Waals surface area contributed by atoms with Gasteiger partial charge in [0.15, 0.2) is 0 Å². The summed E-state index contributed by atoms with van der Waals surface area (Å²) in [7, 11) is 0. The summed E-state index contributed by atoms with van der Waals surface area (Å²) in [6, 6.07) is -1.40. The van der Waals surface area contributed by atoms with Crippen LogP contribution in [0.15, 0.2) is 12.7 Å². The number of carbonyl (C=O) groups is 3. The van der Waals surface area contributed by atoms with Crippen molar-refractivity contribution in [3.05, 3.63) is 12.7 Å². The highest BCUT2D eigenvalue weighted by atomic mass is 16.6. The monoisotopic (exact) mass is 464 g/mol. The average Bonchev–Trinajstić information content (AvgIpc) is 3.41. The fraction of sp³-hybridized carbons (Fsp3) is 0.800. The van der Waals surface area contributed by atoms with Crippen LogP contribution in [-0.4, -0.2) is 82.3 Å². The van der Waals surface area contributed by atoms with Gasteiger partial charge in [0.25, 0.3) is 0 Å². The van der Waals surface area contributed by atoms with Crippen molar-refractivity contribution in [1.29, 1.82) is 0 Å². The lowest BCUT2D eigenvalue weighted by atomic mass is 9.65. The van der Waals surface area contributed by atoms with Crippen molar-refractivity contribution in [3.63, 3.8) is 0 Å². The second-order valence-electron chi connectivity index (χ2n) is 9.50. The standard InChI is InChI=1S/C25H40N2O6/c1-6-11-15-26(14-7-2)22(30)20-25-13-12-24(9-4,33-25)19(23(31)32-10-5)18(25)21(29)27(20)17(8-3)16-28/h7,17-20,28H,2,6,8-16H2,1,3-5H3/t17-,18-,19-,20?,24+,25?/m0/s1. The molecular weight excluding hydrogens is 424 g/mol. The molecule has 8 nitrogen and oxygen atoms in total. The first-order valence-electron chi connectivity index (χ1n) is 12.5. The molecule has 186 valence electrons. The summed E-state index contributed by atoms with van der Waals surface area (Å²) >= 11 is 0. The van der Waals surface area contributed by atoms with E-state index in [1.165, 1.54) is 4.90 Å². The number of likely N-dealkylation sites (tertiary alicyclic amines) is 1. The van der Waals surface area contributed by atoms with Crippen LogP contribution in [0, 0.1) is 11.8 Å². The lowest BCUT2D eigenvalue weighted by Gasteiger charge is -2.39. The summed E-state index contributed by atoms with van der Waals surface area (Å²) in [6.07, 6.45) is 5.63. The van der Waals surface area contributed by atoms with Gasteiger partial charge in [0.2, 0.25) is 11.8 Å². The van der Waals surface area contributed by atoms with Gasteiger partial charge in [-0.2, -0.15) is 0 Å². The zero-order chi connectivity index (χ0) is 24.4. The molecule has 0 aromatic rings. The summed E-state index contributed by atoms with van der Waals surface area (Å²) in [4.78, 5) is 44.4. The lowest BCUT2D eigenvalue weighted by molar-refractivity contribution is -0.163. The minimum Gasteiger partial charge on any atom is -0.466 e. The van der Waals surface area contributed by atoms with Crippen molar-refractivity contribution in [3.8, 4) is 0 Å². The van der Waals surface area contributed by atoms with Gasteiger partial charge in [-0.15, -0.1) is 6.58 Å². The lowest BCUT2D eigenvalue weighted by Crippen LogP contribution is -2.59. The number of ether oxygens (including phenoxy) is 2. The summed E-state index contributed by atoms with van der Waals surface area (Å²) < 4.78 is 12.1. The molecule has 0 saturated carbocycles. The smallest absolute Gasteiger partial charge is 0.312 e. The Morgan fingerprint density at radius 3 is 2.61 bits per heavy atom. The van der Waals surface area contributed by atoms with E-state index in [1.54, 1.807) is 17.9 Å². The van der Waals surface area contributed by atoms with Gasteiger partial charge in [0.05, 0.1) is 30.8 Å². The number of amides is 2. The number of rotatable bonds is 12. The predicted molar refractivity (Wildman–Crippen MR) is 123 cm³/mol. The van der Waals surface area contributed by atoms with Crippen molar-refractivity contribution in [2.45, 2.75) is 89.5 Å². The van der Waals surface area contributed by atoms with E-state index in [4.69, 9.17) is 9.47 Å². The van der Waals surface area contributed by atoms with Crippen LogP contribution < -0.4 is 0 Å². The molecule has 3 aliphatic rings. The Balaban J connectivity index is 2.12. The topological polar surface area (TPSA) is 96.4 Å². The van der Waals surface area contributed by atoms with Gasteiger partial charge in [-0.25, -0.2) is 0 Å². The second-order valence-corrected chi connectivity index (χ2v) is 9.50. The molecule has 1 N–H and O–H groups in total. The number of fused-ring (bicyclic) bond motifs is 1. The van der Waals surface area contributed by atoms with Crippen molar-refractivity contribution in [1.82, 2.24) is 9.80 Å². The number of aliphatic hydroxyl groups is 1. The predicted octanol–water partition coefficient (Wildman–Crippen LogP) is 2.29. The molecule has 3 saturated heterocycles. The molecule has 3 aliphatic heterocycles. The second kappa shape index (κ2) is 10.1. The normalized spacial score (nSPS) is 33.2. The molecule has 2 unspecified atom stereocenters. The molecule has 0 aromatic heterocycles. The van der Waals surface area contributed by atoms with Crippen molar-refractivity contribution in [2.24, 2.45) is 11.8 Å². The Bertz CT molecular complexity index is 768. The average molecular weight is 465 g/mol. The summed E-state index contributed by atoms with van der Waals surface area (Å²) in [5.74, 6) is -2.43. The molecule has 0 aromatic carbocycles. The highest BCUT2D eigenvalue weighted by Gasteiger charge is 2.79. The molecule has 2 amide bonds. The first kappa shape index (κ1) is 25.7. The fourth-order valence-corrected chi connectivity index (χ4v) is 6.30. The SMILES string of the molecule is C=CCN(CCCC)C(=O)C1N([C@@H](CC)CO)C(=O)[C@@H]2[C@@H](C(=O)OCC)[C@@]3(CC)CCC12O3. The molecule has 2 bridgehead atoms. The highest BCUT2D eigenvalue weighted by molar-refractivity contribution is 5.98. The molecule has 0 radical (unpaired) electrons. The Hall–Kier alpha value is -1.93. The van der Waals surface area contributed by atoms with E-state index in [2.05, 4.69) is 13.5 Å². The van der Waals surface area contributed by atoms with Gasteiger partial charge >= 0.3 is 5.97 Å². The molecule has 6 atom stereocenters. The van der Waals surface area contributed by atoms with Crippen molar-refractivity contribution < 1.29 is 29.0 Å². The molecule has 33 heavy (non-hydrogen) atoms. The zero-order valence-electron chi connectivity index (χ0n) is 20.5. The third-order valence-electron chi connectivity index (χ3n) is 7.91. The quantitative estimate of drug-likeness (QED) is 0.352. The van der Waals surface area contributed by atoms with E-state index >= 15 is 0 Å². The maximum absolute atomic E-state index is 14.1. The van der Waals surface area contributed by atoms with Crippen LogP contribution in [0.2, 0.25) is 0 Å². The van der Waals surface area contributed by atoms with Crippen molar-refractivity contribution >= 4 is 17.8 Å². The summed E-state index contributed by atoms with van der Waals surface area (Å²) in [5, 5.41) is 10.1. The maximum Gasteiger partial charge on any atom is 0.312 e. The Morgan fingerprint density at radius 2 is 2.06 bits per heavy atom. The fourth-order valence-electron chi connectivity index (χ4n) is 6.30. The van der Waals surface area contributed by atoms with Crippen LogP contribution in [0.1, 0.15) is 66.2 Å². The van der Waals surface area contributed by atoms with Crippen LogP contribution in [0.25, 0.3) is 0 Å². The number of hydrogen-bond donors (Lipinski definition) is 1. The summed E-state index contributed by atoms with van der Waals surface area (Å²) in [5.41, 5.74) is -1.89. The van der Waals surface area contributed by atoms with Gasteiger partial charge in [0, 0.05) is 13.1 Å². The van der Waals surface area contributed by atoms with E-state index in [0.717, 1.165) is 12.8 Å². The van der Waals surface area contributed by atoms with Gasteiger partial charge in [0.1, 0.15) is 17.6 Å². The number of carbonyl (C=O) groups excluding carboxylic acids is 3.